The van der Waals surface area contributed by atoms with Crippen molar-refractivity contribution in [2.45, 2.75) is 66.5 Å². The summed E-state index contributed by atoms with van der Waals surface area (Å²) in [7, 11) is 1.82. The molecule has 0 spiro atoms. The molecule has 0 aliphatic carbocycles. The standard InChI is InChI=1S/C26H36N4O/c1-18-10-11-20(19(2)29-14-8-7-9-15-29)16-21(18)22-12-13-23-24(27-22)28(6)25(31)30(23)17-26(3,4)5/h10-13,16,19H,7-9,14-15,17H2,1-6H3. The number of benzene rings is 1. The lowest BCUT2D eigenvalue weighted by Crippen LogP contribution is -2.32. The molecule has 2 aromatic heterocycles. The maximum atomic E-state index is 12.9. The van der Waals surface area contributed by atoms with Gasteiger partial charge in [0.1, 0.15) is 0 Å². The number of hydrogen-bond acceptors (Lipinski definition) is 3. The highest BCUT2D eigenvalue weighted by Crippen LogP contribution is 2.30. The fourth-order valence-corrected chi connectivity index (χ4v) is 4.74. The minimum atomic E-state index is -0.00114. The van der Waals surface area contributed by atoms with Crippen LogP contribution in [0.4, 0.5) is 0 Å². The zero-order valence-corrected chi connectivity index (χ0v) is 19.9. The minimum Gasteiger partial charge on any atom is -0.297 e. The quantitative estimate of drug-likeness (QED) is 0.575. The fraction of sp³-hybridized carbons (Fsp3) is 0.538. The van der Waals surface area contributed by atoms with Crippen molar-refractivity contribution in [2.24, 2.45) is 12.5 Å². The summed E-state index contributed by atoms with van der Waals surface area (Å²) in [5, 5.41) is 0. The lowest BCUT2D eigenvalue weighted by Gasteiger charge is -2.33. The third-order valence-corrected chi connectivity index (χ3v) is 6.57. The highest BCUT2D eigenvalue weighted by Gasteiger charge is 2.21. The van der Waals surface area contributed by atoms with Crippen LogP contribution < -0.4 is 5.69 Å². The zero-order valence-electron chi connectivity index (χ0n) is 19.9. The number of piperidine rings is 1. The maximum Gasteiger partial charge on any atom is 0.330 e. The second-order valence-corrected chi connectivity index (χ2v) is 10.4. The van der Waals surface area contributed by atoms with Crippen LogP contribution in [-0.4, -0.2) is 32.1 Å². The van der Waals surface area contributed by atoms with E-state index in [4.69, 9.17) is 4.98 Å². The molecule has 3 aromatic rings. The Bertz CT molecular complexity index is 1140. The Morgan fingerprint density at radius 2 is 1.77 bits per heavy atom. The molecule has 1 fully saturated rings. The first-order chi connectivity index (χ1) is 14.7. The van der Waals surface area contributed by atoms with Crippen LogP contribution in [0.25, 0.3) is 22.4 Å². The molecular formula is C26H36N4O. The van der Waals surface area contributed by atoms with E-state index in [0.717, 1.165) is 22.4 Å². The topological polar surface area (TPSA) is 43.1 Å². The lowest BCUT2D eigenvalue weighted by atomic mass is 9.96. The van der Waals surface area contributed by atoms with Gasteiger partial charge in [0.05, 0.1) is 11.2 Å². The maximum absolute atomic E-state index is 12.9. The molecule has 1 saturated heterocycles. The second-order valence-electron chi connectivity index (χ2n) is 10.4. The van der Waals surface area contributed by atoms with Gasteiger partial charge in [-0.2, -0.15) is 0 Å². The number of pyridine rings is 1. The molecule has 0 radical (unpaired) electrons. The average molecular weight is 421 g/mol. The molecule has 1 aliphatic rings. The highest BCUT2D eigenvalue weighted by molar-refractivity contribution is 5.77. The molecular weight excluding hydrogens is 384 g/mol. The molecule has 5 nitrogen and oxygen atoms in total. The van der Waals surface area contributed by atoms with Gasteiger partial charge in [-0.1, -0.05) is 39.3 Å². The summed E-state index contributed by atoms with van der Waals surface area (Å²) in [4.78, 5) is 20.4. The first kappa shape index (κ1) is 21.8. The van der Waals surface area contributed by atoms with E-state index in [1.165, 1.54) is 43.5 Å². The summed E-state index contributed by atoms with van der Waals surface area (Å²) < 4.78 is 3.54. The molecule has 1 aromatic carbocycles. The van der Waals surface area contributed by atoms with Crippen molar-refractivity contribution < 1.29 is 0 Å². The second kappa shape index (κ2) is 8.27. The summed E-state index contributed by atoms with van der Waals surface area (Å²) in [6, 6.07) is 11.3. The molecule has 1 atom stereocenters. The van der Waals surface area contributed by atoms with Gasteiger partial charge in [0.15, 0.2) is 5.65 Å². The number of hydrogen-bond donors (Lipinski definition) is 0. The number of aromatic nitrogens is 3. The van der Waals surface area contributed by atoms with Gasteiger partial charge in [0, 0.05) is 25.2 Å². The van der Waals surface area contributed by atoms with E-state index in [0.29, 0.717) is 12.6 Å². The number of fused-ring (bicyclic) bond motifs is 1. The number of rotatable bonds is 4. The number of nitrogens with zero attached hydrogens (tertiary/aromatic N) is 4. The Kier molecular flexibility index (Phi) is 5.82. The van der Waals surface area contributed by atoms with Crippen molar-refractivity contribution in [3.63, 3.8) is 0 Å². The average Bonchev–Trinajstić information content (AvgIpc) is 2.97. The van der Waals surface area contributed by atoms with Crippen molar-refractivity contribution in [1.82, 2.24) is 19.0 Å². The lowest BCUT2D eigenvalue weighted by molar-refractivity contribution is 0.175. The summed E-state index contributed by atoms with van der Waals surface area (Å²) >= 11 is 0. The van der Waals surface area contributed by atoms with Gasteiger partial charge in [-0.05, 0) is 74.5 Å². The normalized spacial score (nSPS) is 16.7. The fourth-order valence-electron chi connectivity index (χ4n) is 4.74. The molecule has 1 aliphatic heterocycles. The van der Waals surface area contributed by atoms with Gasteiger partial charge in [-0.15, -0.1) is 0 Å². The number of likely N-dealkylation sites (tertiary alicyclic amines) is 1. The van der Waals surface area contributed by atoms with Crippen molar-refractivity contribution in [3.8, 4) is 11.3 Å². The van der Waals surface area contributed by atoms with E-state index in [2.05, 4.69) is 69.9 Å². The summed E-state index contributed by atoms with van der Waals surface area (Å²) in [6.45, 7) is 13.9. The minimum absolute atomic E-state index is 0.00114. The molecule has 0 saturated carbocycles. The van der Waals surface area contributed by atoms with Crippen molar-refractivity contribution in [2.75, 3.05) is 13.1 Å². The van der Waals surface area contributed by atoms with Crippen LogP contribution in [0.15, 0.2) is 35.1 Å². The Hall–Kier alpha value is -2.40. The Balaban J connectivity index is 1.75. The van der Waals surface area contributed by atoms with Crippen LogP contribution in [0, 0.1) is 12.3 Å². The monoisotopic (exact) mass is 420 g/mol. The van der Waals surface area contributed by atoms with E-state index < -0.39 is 0 Å². The number of aryl methyl sites for hydroxylation is 2. The van der Waals surface area contributed by atoms with E-state index in [1.54, 1.807) is 4.57 Å². The Morgan fingerprint density at radius 1 is 1.06 bits per heavy atom. The zero-order chi connectivity index (χ0) is 22.3. The van der Waals surface area contributed by atoms with Gasteiger partial charge in [0.2, 0.25) is 0 Å². The third-order valence-electron chi connectivity index (χ3n) is 6.57. The first-order valence-electron chi connectivity index (χ1n) is 11.6. The predicted octanol–water partition coefficient (Wildman–Crippen LogP) is 5.30. The van der Waals surface area contributed by atoms with Crippen LogP contribution >= 0.6 is 0 Å². The molecule has 3 heterocycles. The number of imidazole rings is 1. The van der Waals surface area contributed by atoms with Gasteiger partial charge < -0.3 is 0 Å². The highest BCUT2D eigenvalue weighted by atomic mass is 16.1. The summed E-state index contributed by atoms with van der Waals surface area (Å²) in [5.74, 6) is 0. The molecule has 31 heavy (non-hydrogen) atoms. The summed E-state index contributed by atoms with van der Waals surface area (Å²) in [6.07, 6.45) is 3.93. The smallest absolute Gasteiger partial charge is 0.297 e. The van der Waals surface area contributed by atoms with Crippen LogP contribution in [0.1, 0.15) is 64.1 Å². The van der Waals surface area contributed by atoms with Gasteiger partial charge in [-0.25, -0.2) is 9.78 Å². The van der Waals surface area contributed by atoms with Crippen LogP contribution in [0.2, 0.25) is 0 Å². The van der Waals surface area contributed by atoms with Gasteiger partial charge in [0.25, 0.3) is 0 Å². The van der Waals surface area contributed by atoms with Crippen molar-refractivity contribution in [1.29, 1.82) is 0 Å². The summed E-state index contributed by atoms with van der Waals surface area (Å²) in [5.41, 5.74) is 6.30. The molecule has 4 rings (SSSR count). The Morgan fingerprint density at radius 3 is 2.45 bits per heavy atom. The molecule has 5 heteroatoms. The SMILES string of the molecule is Cc1ccc(C(C)N2CCCCC2)cc1-c1ccc2c(n1)n(C)c(=O)n2CC(C)(C)C. The van der Waals surface area contributed by atoms with Crippen molar-refractivity contribution >= 4 is 11.2 Å². The van der Waals surface area contributed by atoms with E-state index in [9.17, 15) is 4.79 Å². The molecule has 0 N–H and O–H groups in total. The van der Waals surface area contributed by atoms with E-state index in [1.807, 2.05) is 11.6 Å². The molecule has 0 amide bonds. The third kappa shape index (κ3) is 4.33. The van der Waals surface area contributed by atoms with Crippen molar-refractivity contribution in [3.05, 3.63) is 51.9 Å². The predicted molar refractivity (Wildman–Crippen MR) is 128 cm³/mol. The molecule has 0 bridgehead atoms. The van der Waals surface area contributed by atoms with Gasteiger partial charge in [-0.3, -0.25) is 14.0 Å². The largest absolute Gasteiger partial charge is 0.330 e. The van der Waals surface area contributed by atoms with Gasteiger partial charge >= 0.3 is 5.69 Å². The van der Waals surface area contributed by atoms with Crippen LogP contribution in [-0.2, 0) is 13.6 Å². The van der Waals surface area contributed by atoms with Crippen LogP contribution in [0.3, 0.4) is 0 Å². The molecule has 1 unspecified atom stereocenters. The van der Waals surface area contributed by atoms with Crippen LogP contribution in [0.5, 0.6) is 0 Å². The molecule has 166 valence electrons. The Labute approximate surface area is 185 Å². The first-order valence-corrected chi connectivity index (χ1v) is 11.6. The van der Waals surface area contributed by atoms with E-state index >= 15 is 0 Å². The van der Waals surface area contributed by atoms with E-state index in [-0.39, 0.29) is 11.1 Å².